The first kappa shape index (κ1) is 22.4. The summed E-state index contributed by atoms with van der Waals surface area (Å²) in [6.07, 6.45) is -3.55. The lowest BCUT2D eigenvalue weighted by atomic mass is 9.97. The Hall–Kier alpha value is -1.84. The van der Waals surface area contributed by atoms with Crippen molar-refractivity contribution in [2.75, 3.05) is 39.9 Å². The second-order valence-corrected chi connectivity index (χ2v) is 6.93. The van der Waals surface area contributed by atoms with E-state index in [1.54, 1.807) is 24.3 Å². The molecule has 1 aliphatic rings. The molecule has 1 aromatic carbocycles. The zero-order valence-electron chi connectivity index (χ0n) is 15.9. The first-order valence-electron chi connectivity index (χ1n) is 9.24. The van der Waals surface area contributed by atoms with Crippen molar-refractivity contribution in [2.24, 2.45) is 5.92 Å². The zero-order chi connectivity index (χ0) is 20.6. The van der Waals surface area contributed by atoms with Crippen LogP contribution in [0.4, 0.5) is 13.2 Å². The number of hydrogen-bond donors (Lipinski definition) is 2. The van der Waals surface area contributed by atoms with E-state index in [0.29, 0.717) is 43.8 Å². The molecule has 1 unspecified atom stereocenters. The molecule has 2 N–H and O–H groups in total. The lowest BCUT2D eigenvalue weighted by Crippen LogP contribution is -2.42. The summed E-state index contributed by atoms with van der Waals surface area (Å²) in [5.41, 5.74) is 0.668. The number of β-amino-alcohol motifs (C(OH)–C–C–N with tert-alkyl or cyclic N) is 1. The van der Waals surface area contributed by atoms with E-state index >= 15 is 0 Å². The van der Waals surface area contributed by atoms with Gasteiger partial charge in [0.2, 0.25) is 0 Å². The highest BCUT2D eigenvalue weighted by molar-refractivity contribution is 5.72. The van der Waals surface area contributed by atoms with Crippen LogP contribution in [0.3, 0.4) is 0 Å². The molecule has 158 valence electrons. The summed E-state index contributed by atoms with van der Waals surface area (Å²) in [4.78, 5) is 13.6. The molecule has 1 aromatic rings. The third-order valence-electron chi connectivity index (χ3n) is 4.59. The number of hydrogen-bond acceptors (Lipinski definition) is 6. The van der Waals surface area contributed by atoms with Crippen LogP contribution in [0.5, 0.6) is 5.75 Å². The maximum atomic E-state index is 12.2. The molecule has 0 aromatic heterocycles. The van der Waals surface area contributed by atoms with Crippen molar-refractivity contribution in [3.8, 4) is 5.75 Å². The summed E-state index contributed by atoms with van der Waals surface area (Å²) in [6, 6.07) is 6.75. The number of rotatable bonds is 9. The van der Waals surface area contributed by atoms with Gasteiger partial charge >= 0.3 is 12.1 Å². The van der Waals surface area contributed by atoms with Crippen molar-refractivity contribution in [3.05, 3.63) is 29.8 Å². The standard InChI is InChI=1S/C19H27F3N2O4/c1-27-18(26)15-5-7-24(8-6-15)11-16(25)12-28-17-4-2-3-14(9-17)10-23-13-19(20,21)22/h2-4,9,15-16,23,25H,5-8,10-13H2,1H3. The molecule has 0 spiro atoms. The fraction of sp³-hybridized carbons (Fsp3) is 0.632. The van der Waals surface area contributed by atoms with Crippen LogP contribution in [0.25, 0.3) is 0 Å². The van der Waals surface area contributed by atoms with E-state index in [4.69, 9.17) is 9.47 Å². The van der Waals surface area contributed by atoms with Crippen molar-refractivity contribution in [1.29, 1.82) is 0 Å². The number of esters is 1. The molecule has 0 saturated carbocycles. The maximum Gasteiger partial charge on any atom is 0.401 e. The van der Waals surface area contributed by atoms with Crippen LogP contribution in [0.1, 0.15) is 18.4 Å². The largest absolute Gasteiger partial charge is 0.491 e. The van der Waals surface area contributed by atoms with Crippen LogP contribution in [-0.2, 0) is 16.1 Å². The number of likely N-dealkylation sites (tertiary alicyclic amines) is 1. The van der Waals surface area contributed by atoms with Crippen LogP contribution in [0, 0.1) is 5.92 Å². The van der Waals surface area contributed by atoms with Crippen LogP contribution >= 0.6 is 0 Å². The smallest absolute Gasteiger partial charge is 0.401 e. The van der Waals surface area contributed by atoms with E-state index in [-0.39, 0.29) is 25.0 Å². The predicted molar refractivity (Wildman–Crippen MR) is 96.9 cm³/mol. The van der Waals surface area contributed by atoms with Gasteiger partial charge in [-0.3, -0.25) is 4.79 Å². The third kappa shape index (κ3) is 8.04. The van der Waals surface area contributed by atoms with Crippen LogP contribution in [-0.4, -0.2) is 68.2 Å². The van der Waals surface area contributed by atoms with Gasteiger partial charge in [-0.15, -0.1) is 0 Å². The number of methoxy groups -OCH3 is 1. The molecule has 9 heteroatoms. The fourth-order valence-electron chi connectivity index (χ4n) is 3.15. The minimum Gasteiger partial charge on any atom is -0.491 e. The second-order valence-electron chi connectivity index (χ2n) is 6.93. The summed E-state index contributed by atoms with van der Waals surface area (Å²) in [7, 11) is 1.39. The topological polar surface area (TPSA) is 71.0 Å². The third-order valence-corrected chi connectivity index (χ3v) is 4.59. The minimum absolute atomic E-state index is 0.0778. The predicted octanol–water partition coefficient (Wildman–Crippen LogP) is 1.96. The SMILES string of the molecule is COC(=O)C1CCN(CC(O)COc2cccc(CNCC(F)(F)F)c2)CC1. The van der Waals surface area contributed by atoms with E-state index < -0.39 is 18.8 Å². The first-order valence-corrected chi connectivity index (χ1v) is 9.24. The molecule has 2 rings (SSSR count). The number of aliphatic hydroxyl groups excluding tert-OH is 1. The molecule has 28 heavy (non-hydrogen) atoms. The summed E-state index contributed by atoms with van der Waals surface area (Å²) in [5, 5.41) is 12.5. The highest BCUT2D eigenvalue weighted by atomic mass is 19.4. The van der Waals surface area contributed by atoms with Gasteiger partial charge in [-0.05, 0) is 43.6 Å². The number of aliphatic hydroxyl groups is 1. The Balaban J connectivity index is 1.70. The van der Waals surface area contributed by atoms with Gasteiger partial charge in [0.15, 0.2) is 0 Å². The zero-order valence-corrected chi connectivity index (χ0v) is 15.9. The van der Waals surface area contributed by atoms with Crippen LogP contribution in [0.2, 0.25) is 0 Å². The van der Waals surface area contributed by atoms with Crippen molar-refractivity contribution in [1.82, 2.24) is 10.2 Å². The number of halogens is 3. The molecule has 0 aliphatic carbocycles. The molecule has 0 radical (unpaired) electrons. The van der Waals surface area contributed by atoms with Crippen molar-refractivity contribution < 1.29 is 32.5 Å². The number of benzene rings is 1. The average molecular weight is 404 g/mol. The Labute approximate surface area is 162 Å². The lowest BCUT2D eigenvalue weighted by Gasteiger charge is -2.31. The van der Waals surface area contributed by atoms with Crippen molar-refractivity contribution in [2.45, 2.75) is 31.7 Å². The molecule has 1 aliphatic heterocycles. The number of piperidine rings is 1. The average Bonchev–Trinajstić information content (AvgIpc) is 2.66. The normalized spacial score (nSPS) is 17.3. The molecule has 1 atom stereocenters. The van der Waals surface area contributed by atoms with Crippen LogP contribution in [0.15, 0.2) is 24.3 Å². The van der Waals surface area contributed by atoms with Gasteiger partial charge in [-0.1, -0.05) is 12.1 Å². The Bertz CT molecular complexity index is 619. The van der Waals surface area contributed by atoms with E-state index in [1.807, 2.05) is 0 Å². The van der Waals surface area contributed by atoms with Crippen molar-refractivity contribution >= 4 is 5.97 Å². The Morgan fingerprint density at radius 3 is 2.71 bits per heavy atom. The molecule has 0 amide bonds. The lowest BCUT2D eigenvalue weighted by molar-refractivity contribution is -0.147. The molecular formula is C19H27F3N2O4. The Morgan fingerprint density at radius 1 is 1.36 bits per heavy atom. The van der Waals surface area contributed by atoms with E-state index in [9.17, 15) is 23.1 Å². The minimum atomic E-state index is -4.25. The maximum absolute atomic E-state index is 12.2. The molecule has 6 nitrogen and oxygen atoms in total. The van der Waals surface area contributed by atoms with Gasteiger partial charge in [0.1, 0.15) is 18.5 Å². The Kier molecular flexibility index (Phi) is 8.53. The quantitative estimate of drug-likeness (QED) is 0.614. The molecular weight excluding hydrogens is 377 g/mol. The van der Waals surface area contributed by atoms with Gasteiger partial charge < -0.3 is 24.8 Å². The van der Waals surface area contributed by atoms with E-state index in [1.165, 1.54) is 7.11 Å². The monoisotopic (exact) mass is 404 g/mol. The number of nitrogens with zero attached hydrogens (tertiary/aromatic N) is 1. The first-order chi connectivity index (χ1) is 13.3. The number of carbonyl (C=O) groups is 1. The summed E-state index contributed by atoms with van der Waals surface area (Å²) in [6.45, 7) is 0.948. The number of alkyl halides is 3. The molecule has 1 heterocycles. The van der Waals surface area contributed by atoms with Gasteiger partial charge in [-0.25, -0.2) is 0 Å². The van der Waals surface area contributed by atoms with Crippen LogP contribution < -0.4 is 10.1 Å². The highest BCUT2D eigenvalue weighted by Gasteiger charge is 2.27. The second kappa shape index (κ2) is 10.6. The van der Waals surface area contributed by atoms with Gasteiger partial charge in [-0.2, -0.15) is 13.2 Å². The number of carbonyl (C=O) groups excluding carboxylic acids is 1. The number of nitrogens with one attached hydrogen (secondary N) is 1. The Morgan fingerprint density at radius 2 is 2.07 bits per heavy atom. The van der Waals surface area contributed by atoms with Gasteiger partial charge in [0.05, 0.1) is 19.6 Å². The number of ether oxygens (including phenoxy) is 2. The summed E-state index contributed by atoms with van der Waals surface area (Å²) in [5.74, 6) is 0.228. The molecule has 1 fully saturated rings. The van der Waals surface area contributed by atoms with E-state index in [0.717, 1.165) is 0 Å². The molecule has 0 bridgehead atoms. The fourth-order valence-corrected chi connectivity index (χ4v) is 3.15. The van der Waals surface area contributed by atoms with Crippen molar-refractivity contribution in [3.63, 3.8) is 0 Å². The van der Waals surface area contributed by atoms with Gasteiger partial charge in [0, 0.05) is 13.1 Å². The van der Waals surface area contributed by atoms with Gasteiger partial charge in [0.25, 0.3) is 0 Å². The molecule has 1 saturated heterocycles. The summed E-state index contributed by atoms with van der Waals surface area (Å²) >= 11 is 0. The summed E-state index contributed by atoms with van der Waals surface area (Å²) < 4.78 is 46.9. The highest BCUT2D eigenvalue weighted by Crippen LogP contribution is 2.19. The van der Waals surface area contributed by atoms with E-state index in [2.05, 4.69) is 10.2 Å².